The van der Waals surface area contributed by atoms with Crippen molar-refractivity contribution in [2.75, 3.05) is 36.4 Å². The van der Waals surface area contributed by atoms with Crippen LogP contribution in [0.5, 0.6) is 0 Å². The van der Waals surface area contributed by atoms with Gasteiger partial charge in [-0.1, -0.05) is 23.7 Å². The summed E-state index contributed by atoms with van der Waals surface area (Å²) in [5, 5.41) is 3.46. The Morgan fingerprint density at radius 2 is 1.92 bits per heavy atom. The van der Waals surface area contributed by atoms with Gasteiger partial charge in [0.1, 0.15) is 5.82 Å². The van der Waals surface area contributed by atoms with Gasteiger partial charge in [-0.25, -0.2) is 4.98 Å². The number of aromatic nitrogens is 1. The molecule has 1 aliphatic rings. The van der Waals surface area contributed by atoms with Gasteiger partial charge in [0.05, 0.1) is 16.8 Å². The van der Waals surface area contributed by atoms with Crippen LogP contribution in [0.25, 0.3) is 0 Å². The van der Waals surface area contributed by atoms with E-state index in [0.29, 0.717) is 10.7 Å². The van der Waals surface area contributed by atoms with E-state index in [4.69, 9.17) is 11.6 Å². The van der Waals surface area contributed by atoms with Crippen LogP contribution in [0.2, 0.25) is 5.02 Å². The van der Waals surface area contributed by atoms with E-state index in [1.807, 2.05) is 37.3 Å². The van der Waals surface area contributed by atoms with Gasteiger partial charge in [0, 0.05) is 36.8 Å². The molecule has 1 amide bonds. The minimum Gasteiger partial charge on any atom is -0.354 e. The van der Waals surface area contributed by atoms with Gasteiger partial charge in [-0.2, -0.15) is 0 Å². The SMILES string of the molecule is CC(C(=O)Nc1ccccc1Cl)N1CCN(c2ccc(Br)cn2)CC1. The average molecular weight is 424 g/mol. The summed E-state index contributed by atoms with van der Waals surface area (Å²) in [6, 6.07) is 11.1. The molecule has 2 heterocycles. The van der Waals surface area contributed by atoms with Crippen LogP contribution in [0.15, 0.2) is 47.1 Å². The highest BCUT2D eigenvalue weighted by Crippen LogP contribution is 2.22. The van der Waals surface area contributed by atoms with Crippen LogP contribution in [0.3, 0.4) is 0 Å². The van der Waals surface area contributed by atoms with Crippen molar-refractivity contribution in [1.82, 2.24) is 9.88 Å². The zero-order chi connectivity index (χ0) is 17.8. The zero-order valence-corrected chi connectivity index (χ0v) is 16.3. The maximum absolute atomic E-state index is 12.5. The molecule has 1 fully saturated rings. The molecular formula is C18H20BrClN4O. The molecule has 1 aromatic heterocycles. The highest BCUT2D eigenvalue weighted by molar-refractivity contribution is 9.10. The van der Waals surface area contributed by atoms with E-state index in [1.165, 1.54) is 0 Å². The van der Waals surface area contributed by atoms with E-state index in [-0.39, 0.29) is 11.9 Å². The predicted molar refractivity (Wildman–Crippen MR) is 105 cm³/mol. The number of rotatable bonds is 4. The summed E-state index contributed by atoms with van der Waals surface area (Å²) in [6.07, 6.45) is 1.81. The third-order valence-electron chi connectivity index (χ3n) is 4.41. The monoisotopic (exact) mass is 422 g/mol. The molecule has 0 radical (unpaired) electrons. The van der Waals surface area contributed by atoms with Gasteiger partial charge >= 0.3 is 0 Å². The molecule has 0 saturated carbocycles. The minimum atomic E-state index is -0.212. The standard InChI is InChI=1S/C18H20BrClN4O/c1-13(18(25)22-16-5-3-2-4-15(16)20)23-8-10-24(11-9-23)17-7-6-14(19)12-21-17/h2-7,12-13H,8-11H2,1H3,(H,22,25). The van der Waals surface area contributed by atoms with Crippen LogP contribution >= 0.6 is 27.5 Å². The number of carbonyl (C=O) groups excluding carboxylic acids is 1. The van der Waals surface area contributed by atoms with Crippen molar-refractivity contribution >= 4 is 44.9 Å². The second-order valence-electron chi connectivity index (χ2n) is 6.00. The summed E-state index contributed by atoms with van der Waals surface area (Å²) >= 11 is 9.51. The first-order chi connectivity index (χ1) is 12.0. The summed E-state index contributed by atoms with van der Waals surface area (Å²) in [5.74, 6) is 0.930. The maximum atomic E-state index is 12.5. The first-order valence-corrected chi connectivity index (χ1v) is 9.37. The first kappa shape index (κ1) is 18.2. The highest BCUT2D eigenvalue weighted by atomic mass is 79.9. The number of nitrogens with zero attached hydrogens (tertiary/aromatic N) is 3. The van der Waals surface area contributed by atoms with E-state index in [0.717, 1.165) is 36.5 Å². The Morgan fingerprint density at radius 1 is 1.20 bits per heavy atom. The number of anilines is 2. The van der Waals surface area contributed by atoms with E-state index >= 15 is 0 Å². The molecule has 1 aromatic carbocycles. The third kappa shape index (κ3) is 4.51. The van der Waals surface area contributed by atoms with Crippen LogP contribution < -0.4 is 10.2 Å². The fourth-order valence-electron chi connectivity index (χ4n) is 2.86. The van der Waals surface area contributed by atoms with Crippen molar-refractivity contribution in [2.24, 2.45) is 0 Å². The average Bonchev–Trinajstić information content (AvgIpc) is 2.64. The van der Waals surface area contributed by atoms with Crippen molar-refractivity contribution in [1.29, 1.82) is 0 Å². The molecule has 1 unspecified atom stereocenters. The topological polar surface area (TPSA) is 48.5 Å². The summed E-state index contributed by atoms with van der Waals surface area (Å²) in [6.45, 7) is 5.25. The molecule has 2 aromatic rings. The quantitative estimate of drug-likeness (QED) is 0.815. The lowest BCUT2D eigenvalue weighted by Gasteiger charge is -2.38. The Balaban J connectivity index is 1.56. The van der Waals surface area contributed by atoms with Crippen molar-refractivity contribution in [3.8, 4) is 0 Å². The number of piperazine rings is 1. The largest absolute Gasteiger partial charge is 0.354 e. The molecule has 5 nitrogen and oxygen atoms in total. The van der Waals surface area contributed by atoms with Crippen LogP contribution in [-0.4, -0.2) is 48.0 Å². The predicted octanol–water partition coefficient (Wildman–Crippen LogP) is 3.65. The molecule has 132 valence electrons. The van der Waals surface area contributed by atoms with Gasteiger partial charge in [-0.05, 0) is 47.1 Å². The van der Waals surface area contributed by atoms with Crippen molar-refractivity contribution in [2.45, 2.75) is 13.0 Å². The van der Waals surface area contributed by atoms with Crippen molar-refractivity contribution in [3.05, 3.63) is 52.1 Å². The number of para-hydroxylation sites is 1. The van der Waals surface area contributed by atoms with Gasteiger partial charge in [0.2, 0.25) is 5.91 Å². The van der Waals surface area contributed by atoms with Crippen LogP contribution in [0.1, 0.15) is 6.92 Å². The number of carbonyl (C=O) groups is 1. The molecular weight excluding hydrogens is 404 g/mol. The second-order valence-corrected chi connectivity index (χ2v) is 7.33. The number of halogens is 2. The Kier molecular flexibility index (Phi) is 5.93. The van der Waals surface area contributed by atoms with Gasteiger partial charge in [-0.15, -0.1) is 0 Å². The van der Waals surface area contributed by atoms with Crippen molar-refractivity contribution < 1.29 is 4.79 Å². The summed E-state index contributed by atoms with van der Waals surface area (Å²) in [4.78, 5) is 21.4. The highest BCUT2D eigenvalue weighted by Gasteiger charge is 2.26. The van der Waals surface area contributed by atoms with E-state index < -0.39 is 0 Å². The molecule has 1 aliphatic heterocycles. The number of benzene rings is 1. The normalized spacial score (nSPS) is 16.5. The molecule has 3 rings (SSSR count). The molecule has 7 heteroatoms. The molecule has 0 bridgehead atoms. The summed E-state index contributed by atoms with van der Waals surface area (Å²) in [5.41, 5.74) is 0.652. The Labute approximate surface area is 161 Å². The van der Waals surface area contributed by atoms with E-state index in [1.54, 1.807) is 12.3 Å². The lowest BCUT2D eigenvalue weighted by molar-refractivity contribution is -0.120. The van der Waals surface area contributed by atoms with Crippen molar-refractivity contribution in [3.63, 3.8) is 0 Å². The Bertz CT molecular complexity index is 732. The fraction of sp³-hybridized carbons (Fsp3) is 0.333. The number of nitrogens with one attached hydrogen (secondary N) is 1. The number of amides is 1. The van der Waals surface area contributed by atoms with E-state index in [2.05, 4.69) is 36.0 Å². The van der Waals surface area contributed by atoms with Crippen LogP contribution in [-0.2, 0) is 4.79 Å². The summed E-state index contributed by atoms with van der Waals surface area (Å²) in [7, 11) is 0. The molecule has 1 saturated heterocycles. The number of pyridine rings is 1. The number of hydrogen-bond acceptors (Lipinski definition) is 4. The lowest BCUT2D eigenvalue weighted by Crippen LogP contribution is -2.53. The smallest absolute Gasteiger partial charge is 0.241 e. The fourth-order valence-corrected chi connectivity index (χ4v) is 3.28. The minimum absolute atomic E-state index is 0.0386. The molecule has 0 spiro atoms. The Hall–Kier alpha value is -1.63. The molecule has 1 N–H and O–H groups in total. The van der Waals surface area contributed by atoms with Gasteiger partial charge in [0.15, 0.2) is 0 Å². The first-order valence-electron chi connectivity index (χ1n) is 8.20. The third-order valence-corrected chi connectivity index (χ3v) is 5.21. The van der Waals surface area contributed by atoms with Gasteiger partial charge in [0.25, 0.3) is 0 Å². The zero-order valence-electron chi connectivity index (χ0n) is 14.0. The molecule has 0 aliphatic carbocycles. The molecule has 1 atom stereocenters. The lowest BCUT2D eigenvalue weighted by atomic mass is 10.2. The van der Waals surface area contributed by atoms with Gasteiger partial charge < -0.3 is 10.2 Å². The van der Waals surface area contributed by atoms with Crippen LogP contribution in [0, 0.1) is 0 Å². The number of hydrogen-bond donors (Lipinski definition) is 1. The Morgan fingerprint density at radius 3 is 2.56 bits per heavy atom. The summed E-state index contributed by atoms with van der Waals surface area (Å²) < 4.78 is 0.972. The second kappa shape index (κ2) is 8.17. The van der Waals surface area contributed by atoms with Gasteiger partial charge in [-0.3, -0.25) is 9.69 Å². The van der Waals surface area contributed by atoms with Crippen LogP contribution in [0.4, 0.5) is 11.5 Å². The molecule has 25 heavy (non-hydrogen) atoms. The van der Waals surface area contributed by atoms with E-state index in [9.17, 15) is 4.79 Å². The maximum Gasteiger partial charge on any atom is 0.241 e.